The van der Waals surface area contributed by atoms with Crippen LogP contribution in [0.15, 0.2) is 23.8 Å². The van der Waals surface area contributed by atoms with Gasteiger partial charge in [0.2, 0.25) is 5.78 Å². The van der Waals surface area contributed by atoms with Crippen LogP contribution >= 0.6 is 15.9 Å². The molecule has 0 N–H and O–H groups in total. The Morgan fingerprint density at radius 2 is 1.78 bits per heavy atom. The third kappa shape index (κ3) is 3.66. The van der Waals surface area contributed by atoms with E-state index in [1.807, 2.05) is 0 Å². The summed E-state index contributed by atoms with van der Waals surface area (Å²) in [6, 6.07) is 0. The first-order chi connectivity index (χ1) is 17.2. The fraction of sp³-hybridized carbons (Fsp3) is 0.679. The van der Waals surface area contributed by atoms with Gasteiger partial charge in [-0.25, -0.2) is 4.39 Å². The predicted octanol–water partition coefficient (Wildman–Crippen LogP) is 4.40. The minimum atomic E-state index is -2.32. The summed E-state index contributed by atoms with van der Waals surface area (Å²) in [4.78, 5) is 64.0. The maximum absolute atomic E-state index is 17.5. The second-order valence-electron chi connectivity index (χ2n) is 11.3. The van der Waals surface area contributed by atoms with Crippen LogP contribution < -0.4 is 0 Å². The van der Waals surface area contributed by atoms with Gasteiger partial charge in [0, 0.05) is 46.8 Å². The first kappa shape index (κ1) is 27.9. The molecule has 0 aromatic heterocycles. The number of alkyl halides is 2. The van der Waals surface area contributed by atoms with E-state index in [4.69, 9.17) is 9.47 Å². The molecule has 0 spiro atoms. The van der Waals surface area contributed by atoms with E-state index in [0.29, 0.717) is 18.4 Å². The third-order valence-corrected chi connectivity index (χ3v) is 10.4. The van der Waals surface area contributed by atoms with Crippen LogP contribution in [0.1, 0.15) is 66.7 Å². The zero-order valence-corrected chi connectivity index (χ0v) is 23.5. The molecule has 7 nitrogen and oxygen atoms in total. The number of rotatable bonds is 6. The Balaban J connectivity index is 1.85. The maximum Gasteiger partial charge on any atom is 0.306 e. The Bertz CT molecular complexity index is 1130. The molecule has 37 heavy (non-hydrogen) atoms. The molecule has 0 saturated heterocycles. The fourth-order valence-corrected chi connectivity index (χ4v) is 8.76. The van der Waals surface area contributed by atoms with Gasteiger partial charge in [-0.2, -0.15) is 0 Å². The Hall–Kier alpha value is -2.16. The SMILES string of the molecule is CCC(=O)OCC(=O)[C@]1(OC(=O)CC)[C@@H](C)C[C@H]2[C@@H]3[C@H](Br)CC4=CC(=O)C=C[C@]4(C)[C@@]3(F)C(=O)C[C@@]21C. The number of hydrogen-bond donors (Lipinski definition) is 0. The lowest BCUT2D eigenvalue weighted by atomic mass is 9.45. The highest BCUT2D eigenvalue weighted by Gasteiger charge is 2.78. The van der Waals surface area contributed by atoms with Crippen molar-refractivity contribution in [1.29, 1.82) is 0 Å². The zero-order chi connectivity index (χ0) is 27.6. The number of ketones is 3. The van der Waals surface area contributed by atoms with Gasteiger partial charge in [-0.15, -0.1) is 0 Å². The van der Waals surface area contributed by atoms with Gasteiger partial charge in [-0.3, -0.25) is 24.0 Å². The molecule has 0 radical (unpaired) electrons. The maximum atomic E-state index is 17.5. The van der Waals surface area contributed by atoms with Crippen molar-refractivity contribution >= 4 is 45.2 Å². The van der Waals surface area contributed by atoms with Crippen LogP contribution in [0.2, 0.25) is 0 Å². The normalized spacial score (nSPS) is 42.3. The van der Waals surface area contributed by atoms with Crippen LogP contribution in [0, 0.1) is 28.6 Å². The molecule has 3 fully saturated rings. The molecule has 0 aromatic carbocycles. The summed E-state index contributed by atoms with van der Waals surface area (Å²) in [5.41, 5.74) is -6.03. The lowest BCUT2D eigenvalue weighted by molar-refractivity contribution is -0.203. The number of allylic oxidation sites excluding steroid dienone is 4. The van der Waals surface area contributed by atoms with Gasteiger partial charge in [0.05, 0.1) is 0 Å². The van der Waals surface area contributed by atoms with Gasteiger partial charge in [-0.1, -0.05) is 55.3 Å². The Labute approximate surface area is 224 Å². The molecule has 4 rings (SSSR count). The molecular weight excluding hydrogens is 547 g/mol. The predicted molar refractivity (Wildman–Crippen MR) is 135 cm³/mol. The molecule has 4 aliphatic carbocycles. The van der Waals surface area contributed by atoms with Crippen LogP contribution in [0.5, 0.6) is 0 Å². The van der Waals surface area contributed by atoms with E-state index in [0.717, 1.165) is 0 Å². The first-order valence-corrected chi connectivity index (χ1v) is 13.9. The third-order valence-electron chi connectivity index (χ3n) is 9.55. The van der Waals surface area contributed by atoms with Crippen LogP contribution in [0.3, 0.4) is 0 Å². The summed E-state index contributed by atoms with van der Waals surface area (Å²) in [6.07, 6.45) is 4.69. The standard InChI is InChI=1S/C28H34BrFO7/c1-6-22(34)36-14-21(33)28(37-23(35)7-2)15(3)10-18-24-19(29)12-16-11-17(31)8-9-25(16,4)27(24,30)20(32)13-26(18,28)5/h8-9,11,15,18-19,24H,6-7,10,12-14H2,1-5H3/t15-,18-,19+,24+,25-,26-,27+,28+/m0/s1. The monoisotopic (exact) mass is 580 g/mol. The van der Waals surface area contributed by atoms with E-state index in [-0.39, 0.29) is 25.0 Å². The minimum Gasteiger partial charge on any atom is -0.457 e. The molecular formula is C28H34BrFO7. The number of carbonyl (C=O) groups excluding carboxylic acids is 5. The molecule has 9 heteroatoms. The molecule has 0 bridgehead atoms. The number of esters is 2. The first-order valence-electron chi connectivity index (χ1n) is 12.9. The van der Waals surface area contributed by atoms with Crippen molar-refractivity contribution in [3.8, 4) is 0 Å². The van der Waals surface area contributed by atoms with Gasteiger partial charge in [-0.05, 0) is 37.8 Å². The lowest BCUT2D eigenvalue weighted by Crippen LogP contribution is -2.70. The van der Waals surface area contributed by atoms with Crippen molar-refractivity contribution in [1.82, 2.24) is 0 Å². The van der Waals surface area contributed by atoms with Crippen LogP contribution in [-0.4, -0.2) is 52.0 Å². The zero-order valence-electron chi connectivity index (χ0n) is 21.9. The number of Topliss-reactive ketones (excluding diaryl/α,β-unsaturated/α-hetero) is 2. The average molecular weight is 581 g/mol. The molecule has 8 atom stereocenters. The molecule has 0 amide bonds. The Morgan fingerprint density at radius 1 is 1.14 bits per heavy atom. The van der Waals surface area contributed by atoms with Gasteiger partial charge in [0.25, 0.3) is 0 Å². The summed E-state index contributed by atoms with van der Waals surface area (Å²) in [5, 5.41) is 0. The topological polar surface area (TPSA) is 104 Å². The second-order valence-corrected chi connectivity index (χ2v) is 12.5. The summed E-state index contributed by atoms with van der Waals surface area (Å²) >= 11 is 3.65. The van der Waals surface area contributed by atoms with E-state index >= 15 is 4.39 Å². The molecule has 0 unspecified atom stereocenters. The number of halogens is 2. The van der Waals surface area contributed by atoms with Crippen molar-refractivity contribution in [3.05, 3.63) is 23.8 Å². The van der Waals surface area contributed by atoms with Crippen LogP contribution in [0.4, 0.5) is 4.39 Å². The van der Waals surface area contributed by atoms with Gasteiger partial charge < -0.3 is 9.47 Å². The van der Waals surface area contributed by atoms with Gasteiger partial charge in [0.1, 0.15) is 0 Å². The number of fused-ring (bicyclic) bond motifs is 5. The van der Waals surface area contributed by atoms with E-state index < -0.39 is 74.8 Å². The number of carbonyl (C=O) groups is 5. The summed E-state index contributed by atoms with van der Waals surface area (Å²) in [5.74, 6) is -4.59. The number of hydrogen-bond acceptors (Lipinski definition) is 7. The minimum absolute atomic E-state index is 0.00772. The van der Waals surface area contributed by atoms with Crippen molar-refractivity contribution in [2.45, 2.75) is 82.8 Å². The average Bonchev–Trinajstić information content (AvgIpc) is 3.05. The number of ether oxygens (including phenoxy) is 2. The molecule has 4 aliphatic rings. The van der Waals surface area contributed by atoms with E-state index in [1.165, 1.54) is 18.2 Å². The highest BCUT2D eigenvalue weighted by molar-refractivity contribution is 9.09. The lowest BCUT2D eigenvalue weighted by Gasteiger charge is -2.61. The van der Waals surface area contributed by atoms with Crippen molar-refractivity contribution in [2.24, 2.45) is 28.6 Å². The Morgan fingerprint density at radius 3 is 2.41 bits per heavy atom. The van der Waals surface area contributed by atoms with Crippen LogP contribution in [-0.2, 0) is 33.4 Å². The van der Waals surface area contributed by atoms with E-state index in [9.17, 15) is 24.0 Å². The fourth-order valence-electron chi connectivity index (χ4n) is 7.68. The summed E-state index contributed by atoms with van der Waals surface area (Å²) in [7, 11) is 0. The van der Waals surface area contributed by atoms with Crippen molar-refractivity contribution in [2.75, 3.05) is 6.61 Å². The molecule has 0 aromatic rings. The summed E-state index contributed by atoms with van der Waals surface area (Å²) in [6.45, 7) is 7.78. The second kappa shape index (κ2) is 9.24. The molecule has 0 aliphatic heterocycles. The van der Waals surface area contributed by atoms with Crippen molar-refractivity contribution in [3.63, 3.8) is 0 Å². The van der Waals surface area contributed by atoms with Crippen molar-refractivity contribution < 1.29 is 37.8 Å². The molecule has 202 valence electrons. The molecule has 3 saturated carbocycles. The highest BCUT2D eigenvalue weighted by Crippen LogP contribution is 2.71. The van der Waals surface area contributed by atoms with E-state index in [2.05, 4.69) is 15.9 Å². The Kier molecular flexibility index (Phi) is 6.96. The van der Waals surface area contributed by atoms with E-state index in [1.54, 1.807) is 34.6 Å². The van der Waals surface area contributed by atoms with Gasteiger partial charge in [0.15, 0.2) is 29.4 Å². The largest absolute Gasteiger partial charge is 0.457 e. The quantitative estimate of drug-likeness (QED) is 0.339. The smallest absolute Gasteiger partial charge is 0.306 e. The van der Waals surface area contributed by atoms with Crippen LogP contribution in [0.25, 0.3) is 0 Å². The summed E-state index contributed by atoms with van der Waals surface area (Å²) < 4.78 is 28.6. The highest BCUT2D eigenvalue weighted by atomic mass is 79.9. The molecule has 0 heterocycles. The van der Waals surface area contributed by atoms with Gasteiger partial charge >= 0.3 is 11.9 Å².